The van der Waals surface area contributed by atoms with Crippen LogP contribution in [0, 0.1) is 25.5 Å². The molecule has 1 aromatic carbocycles. The molecule has 0 amide bonds. The van der Waals surface area contributed by atoms with Gasteiger partial charge in [0.15, 0.2) is 0 Å². The van der Waals surface area contributed by atoms with Crippen LogP contribution in [-0.2, 0) is 0 Å². The van der Waals surface area contributed by atoms with E-state index in [9.17, 15) is 8.78 Å². The lowest BCUT2D eigenvalue weighted by Crippen LogP contribution is -1.97. The third-order valence-electron chi connectivity index (χ3n) is 3.16. The molecule has 0 aliphatic rings. The molecule has 3 aromatic rings. The van der Waals surface area contributed by atoms with Gasteiger partial charge < -0.3 is 0 Å². The zero-order chi connectivity index (χ0) is 14.4. The van der Waals surface area contributed by atoms with Crippen molar-refractivity contribution in [3.05, 3.63) is 51.9 Å². The largest absolute Gasteiger partial charge is 0.287 e. The number of nitrogens with zero attached hydrogens (tertiary/aromatic N) is 3. The molecule has 3 nitrogen and oxygen atoms in total. The fraction of sp³-hybridized carbons (Fsp3) is 0.143. The summed E-state index contributed by atoms with van der Waals surface area (Å²) in [7, 11) is 0. The summed E-state index contributed by atoms with van der Waals surface area (Å²) >= 11 is 3.45. The second-order valence-electron chi connectivity index (χ2n) is 4.52. The number of hydrogen-bond acceptors (Lipinski definition) is 2. The van der Waals surface area contributed by atoms with E-state index in [4.69, 9.17) is 0 Å². The molecule has 0 N–H and O–H groups in total. The Labute approximate surface area is 122 Å². The molecule has 2 heterocycles. The van der Waals surface area contributed by atoms with Crippen molar-refractivity contribution in [3.63, 3.8) is 0 Å². The van der Waals surface area contributed by atoms with Gasteiger partial charge in [0.05, 0.1) is 15.9 Å². The van der Waals surface area contributed by atoms with Crippen LogP contribution in [0.25, 0.3) is 17.0 Å². The van der Waals surface area contributed by atoms with Crippen molar-refractivity contribution in [2.24, 2.45) is 0 Å². The lowest BCUT2D eigenvalue weighted by molar-refractivity contribution is 0.603. The van der Waals surface area contributed by atoms with E-state index >= 15 is 0 Å². The maximum absolute atomic E-state index is 13.8. The predicted molar refractivity (Wildman–Crippen MR) is 75.5 cm³/mol. The van der Waals surface area contributed by atoms with E-state index in [2.05, 4.69) is 25.9 Å². The summed E-state index contributed by atoms with van der Waals surface area (Å²) in [4.78, 5) is 8.60. The highest BCUT2D eigenvalue weighted by atomic mass is 79.9. The molecule has 0 spiro atoms. The molecule has 0 saturated heterocycles. The number of hydrogen-bond donors (Lipinski definition) is 0. The first-order valence-electron chi connectivity index (χ1n) is 5.94. The molecule has 6 heteroatoms. The van der Waals surface area contributed by atoms with Crippen LogP contribution < -0.4 is 0 Å². The van der Waals surface area contributed by atoms with Crippen LogP contribution >= 0.6 is 15.9 Å². The Hall–Kier alpha value is -1.82. The minimum absolute atomic E-state index is 0.128. The Balaban J connectivity index is 2.28. The van der Waals surface area contributed by atoms with Crippen molar-refractivity contribution in [1.82, 2.24) is 14.4 Å². The van der Waals surface area contributed by atoms with Crippen molar-refractivity contribution in [2.75, 3.05) is 0 Å². The van der Waals surface area contributed by atoms with E-state index in [-0.39, 0.29) is 5.56 Å². The lowest BCUT2D eigenvalue weighted by Gasteiger charge is -2.04. The molecule has 0 saturated carbocycles. The number of aryl methyl sites for hydroxylation is 2. The van der Waals surface area contributed by atoms with Gasteiger partial charge in [0.1, 0.15) is 11.6 Å². The molecule has 0 radical (unpaired) electrons. The summed E-state index contributed by atoms with van der Waals surface area (Å²) in [5.74, 6) is -0.550. The van der Waals surface area contributed by atoms with Crippen molar-refractivity contribution in [2.45, 2.75) is 13.8 Å². The molecule has 2 aromatic heterocycles. The average Bonchev–Trinajstić information content (AvgIpc) is 2.83. The lowest BCUT2D eigenvalue weighted by atomic mass is 10.1. The van der Waals surface area contributed by atoms with Crippen LogP contribution in [0.15, 0.2) is 28.9 Å². The van der Waals surface area contributed by atoms with E-state index in [0.717, 1.165) is 34.1 Å². The summed E-state index contributed by atoms with van der Waals surface area (Å²) in [6.45, 7) is 3.76. The summed E-state index contributed by atoms with van der Waals surface area (Å²) in [5.41, 5.74) is 2.19. The number of halogens is 3. The van der Waals surface area contributed by atoms with Gasteiger partial charge in [-0.1, -0.05) is 0 Å². The van der Waals surface area contributed by atoms with Gasteiger partial charge in [-0.25, -0.2) is 18.7 Å². The van der Waals surface area contributed by atoms with Crippen molar-refractivity contribution < 1.29 is 8.78 Å². The molecule has 0 bridgehead atoms. The first-order chi connectivity index (χ1) is 9.47. The summed E-state index contributed by atoms with van der Waals surface area (Å²) < 4.78 is 29.7. The molecule has 0 fully saturated rings. The maximum Gasteiger partial charge on any atom is 0.234 e. The Morgan fingerprint density at radius 1 is 1.15 bits per heavy atom. The highest BCUT2D eigenvalue weighted by Gasteiger charge is 2.14. The van der Waals surface area contributed by atoms with Gasteiger partial charge >= 0.3 is 0 Å². The third kappa shape index (κ3) is 2.00. The van der Waals surface area contributed by atoms with Crippen molar-refractivity contribution in [3.8, 4) is 11.3 Å². The number of aromatic nitrogens is 3. The van der Waals surface area contributed by atoms with E-state index in [1.54, 1.807) is 10.6 Å². The van der Waals surface area contributed by atoms with Gasteiger partial charge in [-0.05, 0) is 48.0 Å². The van der Waals surface area contributed by atoms with Crippen LogP contribution in [0.5, 0.6) is 0 Å². The average molecular weight is 338 g/mol. The zero-order valence-corrected chi connectivity index (χ0v) is 12.4. The van der Waals surface area contributed by atoms with Gasteiger partial charge in [-0.2, -0.15) is 0 Å². The Bertz CT molecular complexity index is 827. The predicted octanol–water partition coefficient (Wildman–Crippen LogP) is 4.05. The normalized spacial score (nSPS) is 11.2. The molecular formula is C14H10BrF2N3. The van der Waals surface area contributed by atoms with Gasteiger partial charge in [0.2, 0.25) is 5.78 Å². The van der Waals surface area contributed by atoms with Gasteiger partial charge in [-0.15, -0.1) is 0 Å². The second kappa shape index (κ2) is 4.63. The minimum atomic E-state index is -0.511. The Morgan fingerprint density at radius 3 is 2.65 bits per heavy atom. The number of fused-ring (bicyclic) bond motifs is 1. The number of imidazole rings is 1. The molecule has 0 aliphatic carbocycles. The molecular weight excluding hydrogens is 328 g/mol. The summed E-state index contributed by atoms with van der Waals surface area (Å²) in [6.07, 6.45) is 1.65. The SMILES string of the molecule is Cc1nc2nc(-c3cc(F)ccc3F)cn2c(C)c1Br. The summed E-state index contributed by atoms with van der Waals surface area (Å²) in [5, 5.41) is 0. The monoisotopic (exact) mass is 337 g/mol. The smallest absolute Gasteiger partial charge is 0.234 e. The molecule has 3 rings (SSSR count). The summed E-state index contributed by atoms with van der Waals surface area (Å²) in [6, 6.07) is 3.31. The van der Waals surface area contributed by atoms with Crippen LogP contribution in [0.2, 0.25) is 0 Å². The standard InChI is InChI=1S/C14H10BrF2N3/c1-7-13(15)8(2)20-6-12(19-14(20)18-7)10-5-9(16)3-4-11(10)17/h3-6H,1-2H3. The first-order valence-corrected chi connectivity index (χ1v) is 6.74. The van der Waals surface area contributed by atoms with Gasteiger partial charge in [0.25, 0.3) is 0 Å². The van der Waals surface area contributed by atoms with Crippen LogP contribution in [0.3, 0.4) is 0 Å². The highest BCUT2D eigenvalue weighted by Crippen LogP contribution is 2.26. The second-order valence-corrected chi connectivity index (χ2v) is 5.31. The van der Waals surface area contributed by atoms with Gasteiger partial charge in [0, 0.05) is 17.5 Å². The number of rotatable bonds is 1. The number of benzene rings is 1. The van der Waals surface area contributed by atoms with E-state index in [1.165, 1.54) is 0 Å². The fourth-order valence-corrected chi connectivity index (χ4v) is 2.37. The quantitative estimate of drug-likeness (QED) is 0.670. The van der Waals surface area contributed by atoms with Gasteiger partial charge in [-0.3, -0.25) is 4.40 Å². The topological polar surface area (TPSA) is 30.2 Å². The molecule has 0 atom stereocenters. The molecule has 20 heavy (non-hydrogen) atoms. The van der Waals surface area contributed by atoms with E-state index < -0.39 is 11.6 Å². The van der Waals surface area contributed by atoms with E-state index in [0.29, 0.717) is 11.5 Å². The van der Waals surface area contributed by atoms with E-state index in [1.807, 2.05) is 13.8 Å². The van der Waals surface area contributed by atoms with Crippen molar-refractivity contribution >= 4 is 21.7 Å². The molecule has 102 valence electrons. The highest BCUT2D eigenvalue weighted by molar-refractivity contribution is 9.10. The first kappa shape index (κ1) is 13.2. The third-order valence-corrected chi connectivity index (χ3v) is 4.30. The van der Waals surface area contributed by atoms with Crippen molar-refractivity contribution in [1.29, 1.82) is 0 Å². The minimum Gasteiger partial charge on any atom is -0.287 e. The van der Waals surface area contributed by atoms with Crippen LogP contribution in [-0.4, -0.2) is 14.4 Å². The Kier molecular flexibility index (Phi) is 3.05. The molecule has 0 unspecified atom stereocenters. The van der Waals surface area contributed by atoms with Crippen LogP contribution in [0.1, 0.15) is 11.4 Å². The Morgan fingerprint density at radius 2 is 1.90 bits per heavy atom. The zero-order valence-electron chi connectivity index (χ0n) is 10.8. The maximum atomic E-state index is 13.8. The molecule has 0 aliphatic heterocycles. The van der Waals surface area contributed by atoms with Crippen LogP contribution in [0.4, 0.5) is 8.78 Å². The fourth-order valence-electron chi connectivity index (χ4n) is 2.09.